The molecule has 0 amide bonds. The lowest BCUT2D eigenvalue weighted by Crippen LogP contribution is -2.34. The summed E-state index contributed by atoms with van der Waals surface area (Å²) >= 11 is 0. The number of nitrogens with one attached hydrogen (secondary N) is 1. The van der Waals surface area contributed by atoms with Crippen LogP contribution in [0, 0.1) is 5.82 Å². The number of rotatable bonds is 3. The summed E-state index contributed by atoms with van der Waals surface area (Å²) in [4.78, 5) is 27.8. The second-order valence-electron chi connectivity index (χ2n) is 5.58. The van der Waals surface area contributed by atoms with Crippen LogP contribution in [-0.2, 0) is 11.2 Å². The van der Waals surface area contributed by atoms with E-state index in [2.05, 4.69) is 10.3 Å². The Morgan fingerprint density at radius 3 is 2.78 bits per heavy atom. The number of hydrogen-bond acceptors (Lipinski definition) is 4. The summed E-state index contributed by atoms with van der Waals surface area (Å²) in [6.07, 6.45) is 2.60. The molecule has 7 heteroatoms. The lowest BCUT2D eigenvalue weighted by Gasteiger charge is -2.27. The quantitative estimate of drug-likeness (QED) is 0.906. The highest BCUT2D eigenvalue weighted by Crippen LogP contribution is 2.29. The molecule has 2 N–H and O–H groups in total. The second-order valence-corrected chi connectivity index (χ2v) is 5.58. The van der Waals surface area contributed by atoms with Gasteiger partial charge in [0.05, 0.1) is 18.1 Å². The minimum absolute atomic E-state index is 0.131. The molecule has 0 aliphatic carbocycles. The van der Waals surface area contributed by atoms with Crippen molar-refractivity contribution in [3.05, 3.63) is 58.0 Å². The molecule has 2 unspecified atom stereocenters. The fourth-order valence-electron chi connectivity index (χ4n) is 2.70. The van der Waals surface area contributed by atoms with Crippen LogP contribution in [0.1, 0.15) is 36.7 Å². The number of aromatic nitrogens is 2. The third-order valence-corrected chi connectivity index (χ3v) is 4.11. The summed E-state index contributed by atoms with van der Waals surface area (Å²) < 4.78 is 14.1. The fourth-order valence-corrected chi connectivity index (χ4v) is 2.70. The molecule has 1 aromatic heterocycles. The smallest absolute Gasteiger partial charge is 0.326 e. The number of anilines is 1. The Bertz CT molecular complexity index is 801. The Labute approximate surface area is 131 Å². The van der Waals surface area contributed by atoms with Gasteiger partial charge in [-0.05, 0) is 37.5 Å². The summed E-state index contributed by atoms with van der Waals surface area (Å²) in [6, 6.07) is 4.97. The van der Waals surface area contributed by atoms with Crippen LogP contribution in [-0.4, -0.2) is 20.6 Å². The van der Waals surface area contributed by atoms with E-state index in [-0.39, 0.29) is 11.9 Å². The minimum atomic E-state index is -1.10. The zero-order valence-corrected chi connectivity index (χ0v) is 12.5. The van der Waals surface area contributed by atoms with Crippen molar-refractivity contribution in [3.63, 3.8) is 0 Å². The van der Waals surface area contributed by atoms with E-state index in [1.54, 1.807) is 12.1 Å². The number of carboxylic acid groups (broad SMARTS) is 1. The van der Waals surface area contributed by atoms with E-state index in [1.165, 1.54) is 25.4 Å². The van der Waals surface area contributed by atoms with E-state index in [4.69, 9.17) is 5.11 Å². The Morgan fingerprint density at radius 2 is 2.13 bits per heavy atom. The maximum Gasteiger partial charge on any atom is 0.326 e. The molecule has 2 heterocycles. The van der Waals surface area contributed by atoms with Gasteiger partial charge in [0.25, 0.3) is 5.56 Å². The van der Waals surface area contributed by atoms with E-state index in [1.807, 2.05) is 0 Å². The lowest BCUT2D eigenvalue weighted by molar-refractivity contribution is -0.140. The van der Waals surface area contributed by atoms with Gasteiger partial charge in [-0.1, -0.05) is 12.1 Å². The first-order valence-corrected chi connectivity index (χ1v) is 7.32. The first-order chi connectivity index (χ1) is 11.0. The first kappa shape index (κ1) is 15.2. The SMILES string of the molecule is CC(C(=O)O)n1cnc2c(c1=O)NC(c1ccc(F)cc1)CC2. The summed E-state index contributed by atoms with van der Waals surface area (Å²) in [5.41, 5.74) is 1.42. The average Bonchev–Trinajstić information content (AvgIpc) is 2.55. The van der Waals surface area contributed by atoms with E-state index >= 15 is 0 Å². The number of benzene rings is 1. The Hall–Kier alpha value is -2.70. The second kappa shape index (κ2) is 5.83. The van der Waals surface area contributed by atoms with E-state index < -0.39 is 17.6 Å². The third-order valence-electron chi connectivity index (χ3n) is 4.11. The monoisotopic (exact) mass is 317 g/mol. The van der Waals surface area contributed by atoms with Gasteiger partial charge >= 0.3 is 5.97 Å². The normalized spacial score (nSPS) is 17.9. The molecule has 0 radical (unpaired) electrons. The van der Waals surface area contributed by atoms with Crippen LogP contribution in [0.3, 0.4) is 0 Å². The van der Waals surface area contributed by atoms with Crippen LogP contribution in [0.5, 0.6) is 0 Å². The van der Waals surface area contributed by atoms with Crippen molar-refractivity contribution in [1.82, 2.24) is 9.55 Å². The largest absolute Gasteiger partial charge is 0.480 e. The Kier molecular flexibility index (Phi) is 3.85. The summed E-state index contributed by atoms with van der Waals surface area (Å²) in [5, 5.41) is 12.2. The molecular weight excluding hydrogens is 301 g/mol. The molecule has 3 rings (SSSR count). The molecule has 23 heavy (non-hydrogen) atoms. The van der Waals surface area contributed by atoms with Gasteiger partial charge in [-0.3, -0.25) is 9.36 Å². The van der Waals surface area contributed by atoms with Crippen molar-refractivity contribution < 1.29 is 14.3 Å². The maximum absolute atomic E-state index is 13.0. The number of halogens is 1. The Balaban J connectivity index is 1.96. The number of carboxylic acids is 1. The number of nitrogens with zero attached hydrogens (tertiary/aromatic N) is 2. The van der Waals surface area contributed by atoms with Crippen LogP contribution >= 0.6 is 0 Å². The minimum Gasteiger partial charge on any atom is -0.480 e. The third kappa shape index (κ3) is 2.81. The molecule has 0 bridgehead atoms. The average molecular weight is 317 g/mol. The maximum atomic E-state index is 13.0. The van der Waals surface area contributed by atoms with Gasteiger partial charge < -0.3 is 10.4 Å². The number of aliphatic carboxylic acids is 1. The van der Waals surface area contributed by atoms with E-state index in [0.29, 0.717) is 17.8 Å². The number of hydrogen-bond donors (Lipinski definition) is 2. The van der Waals surface area contributed by atoms with Crippen molar-refractivity contribution in [3.8, 4) is 0 Å². The zero-order chi connectivity index (χ0) is 16.6. The molecule has 120 valence electrons. The topological polar surface area (TPSA) is 84.2 Å². The van der Waals surface area contributed by atoms with Crippen LogP contribution in [0.2, 0.25) is 0 Å². The summed E-state index contributed by atoms with van der Waals surface area (Å²) in [7, 11) is 0. The van der Waals surface area contributed by atoms with Gasteiger partial charge in [-0.25, -0.2) is 14.2 Å². The van der Waals surface area contributed by atoms with Gasteiger partial charge in [0.15, 0.2) is 0 Å². The van der Waals surface area contributed by atoms with Crippen LogP contribution in [0.25, 0.3) is 0 Å². The van der Waals surface area contributed by atoms with Gasteiger partial charge in [0.1, 0.15) is 17.5 Å². The van der Waals surface area contributed by atoms with E-state index in [9.17, 15) is 14.0 Å². The molecule has 0 saturated carbocycles. The molecule has 6 nitrogen and oxygen atoms in total. The molecule has 0 spiro atoms. The number of aryl methyl sites for hydroxylation is 1. The Morgan fingerprint density at radius 1 is 1.43 bits per heavy atom. The number of fused-ring (bicyclic) bond motifs is 1. The van der Waals surface area contributed by atoms with Gasteiger partial charge in [-0.15, -0.1) is 0 Å². The van der Waals surface area contributed by atoms with Crippen LogP contribution < -0.4 is 10.9 Å². The van der Waals surface area contributed by atoms with Gasteiger partial charge in [0, 0.05) is 0 Å². The molecular formula is C16H16FN3O3. The molecule has 2 atom stereocenters. The van der Waals surface area contributed by atoms with Crippen molar-refractivity contribution in [2.45, 2.75) is 31.8 Å². The zero-order valence-electron chi connectivity index (χ0n) is 12.5. The highest BCUT2D eigenvalue weighted by molar-refractivity contribution is 5.71. The summed E-state index contributed by atoms with van der Waals surface area (Å²) in [5.74, 6) is -1.41. The predicted molar refractivity (Wildman–Crippen MR) is 81.9 cm³/mol. The molecule has 1 aromatic carbocycles. The molecule has 0 fully saturated rings. The molecule has 2 aromatic rings. The number of carbonyl (C=O) groups is 1. The lowest BCUT2D eigenvalue weighted by atomic mass is 9.96. The molecule has 1 aliphatic rings. The van der Waals surface area contributed by atoms with Gasteiger partial charge in [-0.2, -0.15) is 0 Å². The van der Waals surface area contributed by atoms with Crippen LogP contribution in [0.4, 0.5) is 10.1 Å². The van der Waals surface area contributed by atoms with Crippen LogP contribution in [0.15, 0.2) is 35.4 Å². The highest BCUT2D eigenvalue weighted by atomic mass is 19.1. The van der Waals surface area contributed by atoms with Crippen molar-refractivity contribution in [2.24, 2.45) is 0 Å². The van der Waals surface area contributed by atoms with Crippen molar-refractivity contribution in [2.75, 3.05) is 5.32 Å². The predicted octanol–water partition coefficient (Wildman–Crippen LogP) is 2.13. The highest BCUT2D eigenvalue weighted by Gasteiger charge is 2.25. The molecule has 0 saturated heterocycles. The van der Waals surface area contributed by atoms with E-state index in [0.717, 1.165) is 16.6 Å². The molecule has 1 aliphatic heterocycles. The first-order valence-electron chi connectivity index (χ1n) is 7.32. The van der Waals surface area contributed by atoms with Crippen molar-refractivity contribution >= 4 is 11.7 Å². The van der Waals surface area contributed by atoms with Crippen molar-refractivity contribution in [1.29, 1.82) is 0 Å². The standard InChI is InChI=1S/C16H16FN3O3/c1-9(16(22)23)20-8-18-13-7-6-12(19-14(13)15(20)21)10-2-4-11(17)5-3-10/h2-5,8-9,12,19H,6-7H2,1H3,(H,22,23). The summed E-state index contributed by atoms with van der Waals surface area (Å²) in [6.45, 7) is 1.43. The fraction of sp³-hybridized carbons (Fsp3) is 0.312. The van der Waals surface area contributed by atoms with Gasteiger partial charge in [0.2, 0.25) is 0 Å².